The molecule has 1 rings (SSSR count). The van der Waals surface area contributed by atoms with Crippen LogP contribution in [0, 0.1) is 6.92 Å². The summed E-state index contributed by atoms with van der Waals surface area (Å²) in [7, 11) is 1.78. The third kappa shape index (κ3) is 2.52. The molecule has 0 aromatic carbocycles. The Morgan fingerprint density at radius 1 is 1.77 bits per heavy atom. The van der Waals surface area contributed by atoms with Crippen molar-refractivity contribution in [2.24, 2.45) is 0 Å². The zero-order chi connectivity index (χ0) is 9.84. The van der Waals surface area contributed by atoms with E-state index in [1.54, 1.807) is 11.9 Å². The Kier molecular flexibility index (Phi) is 3.42. The molecule has 0 aliphatic rings. The van der Waals surface area contributed by atoms with E-state index >= 15 is 0 Å². The summed E-state index contributed by atoms with van der Waals surface area (Å²) >= 11 is 1.23. The Morgan fingerprint density at radius 2 is 2.46 bits per heavy atom. The van der Waals surface area contributed by atoms with Crippen LogP contribution >= 0.6 is 11.3 Å². The molecule has 0 atom stereocenters. The molecular formula is C9H12N2OS. The second-order valence-corrected chi connectivity index (χ2v) is 3.85. The summed E-state index contributed by atoms with van der Waals surface area (Å²) in [5.41, 5.74) is 0. The predicted molar refractivity (Wildman–Crippen MR) is 52.8 cm³/mol. The van der Waals surface area contributed by atoms with Crippen molar-refractivity contribution in [2.45, 2.75) is 13.3 Å². The van der Waals surface area contributed by atoms with Crippen molar-refractivity contribution >= 4 is 17.2 Å². The predicted octanol–water partition coefficient (Wildman–Crippen LogP) is 1.68. The number of carbonyl (C=O) groups excluding carboxylic acids is 1. The molecule has 0 N–H and O–H groups in total. The summed E-state index contributed by atoms with van der Waals surface area (Å²) in [4.78, 5) is 17.7. The smallest absolute Gasteiger partial charge is 0.265 e. The number of hydrogen-bond acceptors (Lipinski definition) is 3. The average molecular weight is 196 g/mol. The first-order valence-electron chi connectivity index (χ1n) is 4.12. The van der Waals surface area contributed by atoms with Gasteiger partial charge in [-0.2, -0.15) is 0 Å². The van der Waals surface area contributed by atoms with Gasteiger partial charge in [-0.05, 0) is 6.42 Å². The maximum atomic E-state index is 11.6. The molecule has 70 valence electrons. The minimum Gasteiger partial charge on any atom is -0.341 e. The summed E-state index contributed by atoms with van der Waals surface area (Å²) in [6, 6.07) is 0. The van der Waals surface area contributed by atoms with Crippen molar-refractivity contribution in [3.05, 3.63) is 23.0 Å². The Labute approximate surface area is 82.4 Å². The molecule has 4 heteroatoms. The first kappa shape index (κ1) is 10.2. The van der Waals surface area contributed by atoms with E-state index in [0.29, 0.717) is 9.88 Å². The zero-order valence-corrected chi connectivity index (χ0v) is 8.60. The molecule has 1 aromatic heterocycles. The molecule has 1 amide bonds. The fraction of sp³-hybridized carbons (Fsp3) is 0.444. The second kappa shape index (κ2) is 4.37. The summed E-state index contributed by atoms with van der Waals surface area (Å²) < 4.78 is 0. The summed E-state index contributed by atoms with van der Waals surface area (Å²) in [6.07, 6.45) is 2.48. The topological polar surface area (TPSA) is 33.2 Å². The molecule has 0 fully saturated rings. The van der Waals surface area contributed by atoms with Crippen LogP contribution in [0.1, 0.15) is 28.0 Å². The third-order valence-corrected chi connectivity index (χ3v) is 2.45. The Morgan fingerprint density at radius 3 is 2.92 bits per heavy atom. The van der Waals surface area contributed by atoms with Crippen molar-refractivity contribution in [1.82, 2.24) is 9.88 Å². The number of aromatic nitrogens is 1. The van der Waals surface area contributed by atoms with Crippen molar-refractivity contribution < 1.29 is 4.79 Å². The third-order valence-electron chi connectivity index (χ3n) is 1.64. The quantitative estimate of drug-likeness (QED) is 0.737. The standard InChI is InChI=1S/C9H12N2OS/c1-4-5-11(3)9(12)8-6-10-7(2)13-8/h2,6H,4-5H2,1,3H3. The number of hydrogen-bond donors (Lipinski definition) is 0. The van der Waals surface area contributed by atoms with E-state index in [1.807, 2.05) is 6.92 Å². The largest absolute Gasteiger partial charge is 0.341 e. The minimum absolute atomic E-state index is 0.00366. The van der Waals surface area contributed by atoms with Crippen LogP contribution in [0.3, 0.4) is 0 Å². The fourth-order valence-corrected chi connectivity index (χ4v) is 1.69. The number of thiazole rings is 1. The molecule has 0 unspecified atom stereocenters. The van der Waals surface area contributed by atoms with Crippen LogP contribution in [0.2, 0.25) is 0 Å². The van der Waals surface area contributed by atoms with Crippen molar-refractivity contribution in [1.29, 1.82) is 0 Å². The molecule has 0 aliphatic heterocycles. The molecular weight excluding hydrogens is 184 g/mol. The van der Waals surface area contributed by atoms with Gasteiger partial charge in [0, 0.05) is 20.5 Å². The molecule has 0 aliphatic carbocycles. The van der Waals surface area contributed by atoms with Gasteiger partial charge in [-0.1, -0.05) is 6.92 Å². The van der Waals surface area contributed by atoms with Crippen LogP contribution in [0.5, 0.6) is 0 Å². The second-order valence-electron chi connectivity index (χ2n) is 2.79. The van der Waals surface area contributed by atoms with Crippen LogP contribution in [-0.2, 0) is 0 Å². The van der Waals surface area contributed by atoms with Crippen molar-refractivity contribution in [3.63, 3.8) is 0 Å². The van der Waals surface area contributed by atoms with Crippen molar-refractivity contribution in [3.8, 4) is 0 Å². The molecule has 13 heavy (non-hydrogen) atoms. The fourth-order valence-electron chi connectivity index (χ4n) is 1.01. The SMILES string of the molecule is [CH]c1ncc(C(=O)N(C)CCC)s1. The summed E-state index contributed by atoms with van der Waals surface area (Å²) in [5.74, 6) is -0.00366. The first-order chi connectivity index (χ1) is 6.15. The van der Waals surface area contributed by atoms with E-state index in [2.05, 4.69) is 4.98 Å². The van der Waals surface area contributed by atoms with Crippen LogP contribution in [0.15, 0.2) is 6.20 Å². The highest BCUT2D eigenvalue weighted by molar-refractivity contribution is 7.13. The van der Waals surface area contributed by atoms with Gasteiger partial charge in [-0.15, -0.1) is 11.3 Å². The van der Waals surface area contributed by atoms with Gasteiger partial charge in [0.05, 0.1) is 11.2 Å². The lowest BCUT2D eigenvalue weighted by atomic mass is 10.4. The average Bonchev–Trinajstić information content (AvgIpc) is 2.51. The molecule has 0 saturated heterocycles. The number of nitrogens with zero attached hydrogens (tertiary/aromatic N) is 2. The Balaban J connectivity index is 2.67. The van der Waals surface area contributed by atoms with Gasteiger partial charge in [0.1, 0.15) is 4.88 Å². The zero-order valence-electron chi connectivity index (χ0n) is 7.78. The molecule has 0 saturated carbocycles. The van der Waals surface area contributed by atoms with Gasteiger partial charge < -0.3 is 4.90 Å². The van der Waals surface area contributed by atoms with Crippen LogP contribution in [0.4, 0.5) is 0 Å². The highest BCUT2D eigenvalue weighted by atomic mass is 32.1. The Hall–Kier alpha value is -0.900. The molecule has 1 aromatic rings. The highest BCUT2D eigenvalue weighted by Gasteiger charge is 2.12. The lowest BCUT2D eigenvalue weighted by Crippen LogP contribution is -2.26. The van der Waals surface area contributed by atoms with Gasteiger partial charge >= 0.3 is 0 Å². The van der Waals surface area contributed by atoms with Gasteiger partial charge in [-0.3, -0.25) is 4.79 Å². The lowest BCUT2D eigenvalue weighted by molar-refractivity contribution is 0.0799. The molecule has 0 bridgehead atoms. The van der Waals surface area contributed by atoms with E-state index in [-0.39, 0.29) is 5.91 Å². The van der Waals surface area contributed by atoms with E-state index in [0.717, 1.165) is 13.0 Å². The van der Waals surface area contributed by atoms with Gasteiger partial charge in [0.15, 0.2) is 0 Å². The maximum Gasteiger partial charge on any atom is 0.265 e. The monoisotopic (exact) mass is 196 g/mol. The number of carbonyl (C=O) groups is 1. The van der Waals surface area contributed by atoms with Gasteiger partial charge in [0.25, 0.3) is 5.91 Å². The van der Waals surface area contributed by atoms with Crippen molar-refractivity contribution in [2.75, 3.05) is 13.6 Å². The van der Waals surface area contributed by atoms with E-state index < -0.39 is 0 Å². The molecule has 3 nitrogen and oxygen atoms in total. The van der Waals surface area contributed by atoms with Crippen LogP contribution in [-0.4, -0.2) is 29.4 Å². The van der Waals surface area contributed by atoms with Crippen LogP contribution in [0.25, 0.3) is 0 Å². The van der Waals surface area contributed by atoms with E-state index in [1.165, 1.54) is 17.5 Å². The van der Waals surface area contributed by atoms with Gasteiger partial charge in [-0.25, -0.2) is 4.98 Å². The first-order valence-corrected chi connectivity index (χ1v) is 4.93. The lowest BCUT2D eigenvalue weighted by Gasteiger charge is -2.13. The Bertz CT molecular complexity index is 296. The van der Waals surface area contributed by atoms with Crippen LogP contribution < -0.4 is 0 Å². The summed E-state index contributed by atoms with van der Waals surface area (Å²) in [6.45, 7) is 8.22. The normalized spacial score (nSPS) is 10.1. The minimum atomic E-state index is -0.00366. The highest BCUT2D eigenvalue weighted by Crippen LogP contribution is 2.13. The molecule has 1 heterocycles. The summed E-state index contributed by atoms with van der Waals surface area (Å²) in [5, 5.41) is 0.438. The van der Waals surface area contributed by atoms with E-state index in [4.69, 9.17) is 6.92 Å². The maximum absolute atomic E-state index is 11.6. The number of amides is 1. The molecule has 0 spiro atoms. The molecule has 2 radical (unpaired) electrons. The number of rotatable bonds is 3. The van der Waals surface area contributed by atoms with Gasteiger partial charge in [0.2, 0.25) is 0 Å². The van der Waals surface area contributed by atoms with E-state index in [9.17, 15) is 4.79 Å².